The zero-order valence-corrected chi connectivity index (χ0v) is 16.4. The number of nitrogens with one attached hydrogen (secondary N) is 1. The van der Waals surface area contributed by atoms with Gasteiger partial charge in [-0.1, -0.05) is 17.7 Å². The van der Waals surface area contributed by atoms with E-state index in [0.717, 1.165) is 16.3 Å². The van der Waals surface area contributed by atoms with E-state index in [0.29, 0.717) is 36.7 Å². The molecule has 7 heteroatoms. The molecule has 0 aliphatic heterocycles. The summed E-state index contributed by atoms with van der Waals surface area (Å²) in [5.41, 5.74) is 4.05. The van der Waals surface area contributed by atoms with Gasteiger partial charge in [0.1, 0.15) is 5.75 Å². The molecule has 2 rings (SSSR count). The average molecular weight is 391 g/mol. The smallest absolute Gasteiger partial charge is 0.236 e. The molecule has 0 bridgehead atoms. The molecule has 0 aliphatic rings. The molecule has 1 N–H and O–H groups in total. The number of carbonyl (C=O) groups is 1. The normalized spacial score (nSPS) is 10.7. The number of para-hydroxylation sites is 1. The maximum atomic E-state index is 10.9. The fourth-order valence-electron chi connectivity index (χ4n) is 2.27. The largest absolute Gasteiger partial charge is 0.493 e. The van der Waals surface area contributed by atoms with Crippen molar-refractivity contribution in [2.24, 2.45) is 5.10 Å². The Bertz CT molecular complexity index is 809. The number of hydrogen-bond donors (Lipinski definition) is 1. The summed E-state index contributed by atoms with van der Waals surface area (Å²) in [6.45, 7) is 4.27. The molecule has 0 fully saturated rings. The molecule has 27 heavy (non-hydrogen) atoms. The van der Waals surface area contributed by atoms with Gasteiger partial charge in [-0.3, -0.25) is 4.79 Å². The van der Waals surface area contributed by atoms with Crippen molar-refractivity contribution in [3.8, 4) is 17.2 Å². The minimum Gasteiger partial charge on any atom is -0.493 e. The molecule has 0 heterocycles. The van der Waals surface area contributed by atoms with Crippen molar-refractivity contribution in [2.75, 3.05) is 20.3 Å². The third kappa shape index (κ3) is 6.49. The number of ether oxygens (including phenoxy) is 3. The van der Waals surface area contributed by atoms with Crippen molar-refractivity contribution in [3.05, 3.63) is 52.5 Å². The van der Waals surface area contributed by atoms with Crippen LogP contribution in [0.5, 0.6) is 17.2 Å². The molecular weight excluding hydrogens is 368 g/mol. The number of hydrazone groups is 1. The first kappa shape index (κ1) is 20.6. The highest BCUT2D eigenvalue weighted by molar-refractivity contribution is 6.31. The van der Waals surface area contributed by atoms with Crippen molar-refractivity contribution >= 4 is 23.7 Å². The molecule has 0 spiro atoms. The number of methoxy groups -OCH3 is 1. The molecule has 0 saturated heterocycles. The topological polar surface area (TPSA) is 69.2 Å². The van der Waals surface area contributed by atoms with Crippen LogP contribution in [0.2, 0.25) is 5.02 Å². The summed E-state index contributed by atoms with van der Waals surface area (Å²) in [7, 11) is 1.57. The zero-order valence-electron chi connectivity index (χ0n) is 15.6. The van der Waals surface area contributed by atoms with Crippen molar-refractivity contribution in [2.45, 2.75) is 20.3 Å². The number of halogens is 1. The van der Waals surface area contributed by atoms with Crippen molar-refractivity contribution in [1.29, 1.82) is 0 Å². The van der Waals surface area contributed by atoms with Crippen molar-refractivity contribution in [1.82, 2.24) is 5.43 Å². The lowest BCUT2D eigenvalue weighted by Crippen LogP contribution is -2.12. The predicted octanol–water partition coefficient (Wildman–Crippen LogP) is 3.97. The number of hydrogen-bond acceptors (Lipinski definition) is 5. The van der Waals surface area contributed by atoms with Gasteiger partial charge in [-0.2, -0.15) is 5.10 Å². The minimum absolute atomic E-state index is 0.244. The second-order valence-electron chi connectivity index (χ2n) is 5.77. The first-order chi connectivity index (χ1) is 13.0. The number of amides is 1. The first-order valence-electron chi connectivity index (χ1n) is 8.49. The monoisotopic (exact) mass is 390 g/mol. The standard InChI is InChI=1S/C20H23ClN2O4/c1-14-12-17(8-9-18(14)21)26-10-5-11-27-20-16(13-22-23-15(2)24)6-4-7-19(20)25-3/h4,6-9,12-13H,5,10-11H2,1-3H3,(H,23,24). The molecule has 0 atom stereocenters. The van der Waals surface area contributed by atoms with E-state index >= 15 is 0 Å². The van der Waals surface area contributed by atoms with E-state index in [9.17, 15) is 4.79 Å². The summed E-state index contributed by atoms with van der Waals surface area (Å²) in [6.07, 6.45) is 2.20. The molecular formula is C20H23ClN2O4. The van der Waals surface area contributed by atoms with Gasteiger partial charge in [0.2, 0.25) is 5.91 Å². The van der Waals surface area contributed by atoms with Gasteiger partial charge in [0.25, 0.3) is 0 Å². The van der Waals surface area contributed by atoms with Gasteiger partial charge in [-0.25, -0.2) is 5.43 Å². The molecule has 0 saturated carbocycles. The van der Waals surface area contributed by atoms with E-state index in [4.69, 9.17) is 25.8 Å². The maximum absolute atomic E-state index is 10.9. The lowest BCUT2D eigenvalue weighted by atomic mass is 10.2. The van der Waals surface area contributed by atoms with Gasteiger partial charge in [0.05, 0.1) is 26.5 Å². The van der Waals surface area contributed by atoms with Crippen LogP contribution in [0.3, 0.4) is 0 Å². The number of aryl methyl sites for hydroxylation is 1. The Balaban J connectivity index is 1.91. The minimum atomic E-state index is -0.244. The van der Waals surface area contributed by atoms with Crippen LogP contribution in [-0.4, -0.2) is 32.4 Å². The van der Waals surface area contributed by atoms with Gasteiger partial charge >= 0.3 is 0 Å². The average Bonchev–Trinajstić information content (AvgIpc) is 2.64. The van der Waals surface area contributed by atoms with E-state index in [2.05, 4.69) is 10.5 Å². The summed E-state index contributed by atoms with van der Waals surface area (Å²) >= 11 is 6.01. The molecule has 6 nitrogen and oxygen atoms in total. The fraction of sp³-hybridized carbons (Fsp3) is 0.300. The quantitative estimate of drug-likeness (QED) is 0.399. The molecule has 0 aliphatic carbocycles. The van der Waals surface area contributed by atoms with E-state index in [1.165, 1.54) is 13.1 Å². The number of carbonyl (C=O) groups excluding carboxylic acids is 1. The first-order valence-corrected chi connectivity index (χ1v) is 8.87. The number of rotatable bonds is 9. The van der Waals surface area contributed by atoms with Crippen LogP contribution in [-0.2, 0) is 4.79 Å². The van der Waals surface area contributed by atoms with Crippen LogP contribution in [0.25, 0.3) is 0 Å². The van der Waals surface area contributed by atoms with Crippen LogP contribution in [0, 0.1) is 6.92 Å². The Labute approximate surface area is 164 Å². The molecule has 1 amide bonds. The Morgan fingerprint density at radius 3 is 2.70 bits per heavy atom. The fourth-order valence-corrected chi connectivity index (χ4v) is 2.39. The van der Waals surface area contributed by atoms with E-state index in [1.54, 1.807) is 13.2 Å². The number of benzene rings is 2. The van der Waals surface area contributed by atoms with E-state index in [-0.39, 0.29) is 5.91 Å². The van der Waals surface area contributed by atoms with Crippen LogP contribution in [0.1, 0.15) is 24.5 Å². The van der Waals surface area contributed by atoms with E-state index in [1.807, 2.05) is 37.3 Å². The van der Waals surface area contributed by atoms with Crippen molar-refractivity contribution < 1.29 is 19.0 Å². The molecule has 0 unspecified atom stereocenters. The summed E-state index contributed by atoms with van der Waals surface area (Å²) in [6, 6.07) is 11.0. The summed E-state index contributed by atoms with van der Waals surface area (Å²) < 4.78 is 16.9. The lowest BCUT2D eigenvalue weighted by molar-refractivity contribution is -0.118. The van der Waals surface area contributed by atoms with Crippen molar-refractivity contribution in [3.63, 3.8) is 0 Å². The highest BCUT2D eigenvalue weighted by Gasteiger charge is 2.09. The summed E-state index contributed by atoms with van der Waals surface area (Å²) in [5.74, 6) is 1.69. The number of nitrogens with zero attached hydrogens (tertiary/aromatic N) is 1. The highest BCUT2D eigenvalue weighted by atomic mass is 35.5. The van der Waals surface area contributed by atoms with Gasteiger partial charge in [0.15, 0.2) is 11.5 Å². The zero-order chi connectivity index (χ0) is 19.6. The molecule has 0 radical (unpaired) electrons. The maximum Gasteiger partial charge on any atom is 0.236 e. The third-order valence-corrected chi connectivity index (χ3v) is 4.01. The van der Waals surface area contributed by atoms with Crippen LogP contribution in [0.15, 0.2) is 41.5 Å². The Morgan fingerprint density at radius 1 is 1.22 bits per heavy atom. The summed E-state index contributed by atoms with van der Waals surface area (Å²) in [5, 5.41) is 4.60. The molecule has 2 aromatic rings. The van der Waals surface area contributed by atoms with Crippen LogP contribution < -0.4 is 19.6 Å². The Hall–Kier alpha value is -2.73. The second-order valence-corrected chi connectivity index (χ2v) is 6.17. The van der Waals surface area contributed by atoms with Gasteiger partial charge in [-0.05, 0) is 42.8 Å². The summed E-state index contributed by atoms with van der Waals surface area (Å²) in [4.78, 5) is 10.9. The molecule has 2 aromatic carbocycles. The Morgan fingerprint density at radius 2 is 2.00 bits per heavy atom. The van der Waals surface area contributed by atoms with Crippen LogP contribution in [0.4, 0.5) is 0 Å². The Kier molecular flexibility index (Phi) is 7.95. The van der Waals surface area contributed by atoms with Crippen LogP contribution >= 0.6 is 11.6 Å². The highest BCUT2D eigenvalue weighted by Crippen LogP contribution is 2.30. The molecule has 144 valence electrons. The second kappa shape index (κ2) is 10.4. The van der Waals surface area contributed by atoms with Gasteiger partial charge in [0, 0.05) is 23.9 Å². The van der Waals surface area contributed by atoms with Gasteiger partial charge < -0.3 is 14.2 Å². The predicted molar refractivity (Wildman–Crippen MR) is 106 cm³/mol. The van der Waals surface area contributed by atoms with Gasteiger partial charge in [-0.15, -0.1) is 0 Å². The lowest BCUT2D eigenvalue weighted by Gasteiger charge is -2.13. The van der Waals surface area contributed by atoms with E-state index < -0.39 is 0 Å². The third-order valence-electron chi connectivity index (χ3n) is 3.59. The SMILES string of the molecule is COc1cccc(C=NNC(C)=O)c1OCCCOc1ccc(Cl)c(C)c1. The molecule has 0 aromatic heterocycles.